The molecule has 0 saturated carbocycles. The Balaban J connectivity index is 1.21. The molecule has 0 spiro atoms. The highest BCUT2D eigenvalue weighted by molar-refractivity contribution is 6.07. The second-order valence-electron chi connectivity index (χ2n) is 11.5. The van der Waals surface area contributed by atoms with Gasteiger partial charge in [-0.25, -0.2) is 9.97 Å². The molecule has 0 atom stereocenters. The summed E-state index contributed by atoms with van der Waals surface area (Å²) in [6.45, 7) is 0. The van der Waals surface area contributed by atoms with Gasteiger partial charge in [-0.1, -0.05) is 48.5 Å². The zero-order valence-electron chi connectivity index (χ0n) is 25.1. The molecule has 0 unspecified atom stereocenters. The van der Waals surface area contributed by atoms with E-state index in [1.807, 2.05) is 106 Å². The molecular weight excluding hydrogens is 609 g/mol. The van der Waals surface area contributed by atoms with E-state index in [2.05, 4.69) is 9.97 Å². The Kier molecular flexibility index (Phi) is 6.16. The van der Waals surface area contributed by atoms with Gasteiger partial charge in [-0.2, -0.15) is 13.2 Å². The van der Waals surface area contributed by atoms with E-state index in [1.165, 1.54) is 0 Å². The summed E-state index contributed by atoms with van der Waals surface area (Å²) in [5, 5.41) is 1.93. The first-order valence-electron chi connectivity index (χ1n) is 15.3. The van der Waals surface area contributed by atoms with E-state index in [4.69, 9.17) is 9.97 Å². The van der Waals surface area contributed by atoms with Crippen LogP contribution in [-0.2, 0) is 6.18 Å². The fraction of sp³-hybridized carbons (Fsp3) is 0.0256. The third-order valence-corrected chi connectivity index (χ3v) is 8.63. The highest BCUT2D eigenvalue weighted by Gasteiger charge is 2.32. The van der Waals surface area contributed by atoms with Crippen LogP contribution in [0, 0.1) is 0 Å². The normalized spacial score (nSPS) is 12.1. The molecule has 0 N–H and O–H groups in total. The number of para-hydroxylation sites is 2. The van der Waals surface area contributed by atoms with Gasteiger partial charge in [0.05, 0.1) is 50.1 Å². The number of aromatic nitrogens is 6. The van der Waals surface area contributed by atoms with Gasteiger partial charge in [0.15, 0.2) is 0 Å². The van der Waals surface area contributed by atoms with Crippen LogP contribution in [0.5, 0.6) is 0 Å². The predicted octanol–water partition coefficient (Wildman–Crippen LogP) is 9.81. The molecule has 0 radical (unpaired) electrons. The van der Waals surface area contributed by atoms with Crippen LogP contribution in [0.1, 0.15) is 5.56 Å². The molecule has 6 nitrogen and oxygen atoms in total. The van der Waals surface area contributed by atoms with Crippen molar-refractivity contribution in [2.24, 2.45) is 0 Å². The molecule has 0 aliphatic carbocycles. The van der Waals surface area contributed by atoms with Crippen molar-refractivity contribution in [3.63, 3.8) is 0 Å². The first-order valence-corrected chi connectivity index (χ1v) is 15.3. The molecule has 9 aromatic rings. The van der Waals surface area contributed by atoms with Crippen molar-refractivity contribution in [3.8, 4) is 34.2 Å². The largest absolute Gasteiger partial charge is 0.416 e. The lowest BCUT2D eigenvalue weighted by Gasteiger charge is -2.14. The second-order valence-corrected chi connectivity index (χ2v) is 11.5. The van der Waals surface area contributed by atoms with Crippen LogP contribution in [0.2, 0.25) is 0 Å². The summed E-state index contributed by atoms with van der Waals surface area (Å²) in [4.78, 5) is 19.0. The van der Waals surface area contributed by atoms with Crippen molar-refractivity contribution >= 4 is 43.9 Å². The van der Waals surface area contributed by atoms with Crippen LogP contribution < -0.4 is 0 Å². The van der Waals surface area contributed by atoms with Crippen molar-refractivity contribution in [1.82, 2.24) is 29.1 Å². The molecule has 0 fully saturated rings. The number of benzene rings is 3. The van der Waals surface area contributed by atoms with E-state index in [-0.39, 0.29) is 0 Å². The number of fused-ring (bicyclic) bond motifs is 6. The Labute approximate surface area is 271 Å². The quantitative estimate of drug-likeness (QED) is 0.194. The molecule has 0 saturated heterocycles. The number of pyridine rings is 4. The molecule has 9 rings (SSSR count). The Morgan fingerprint density at radius 3 is 1.40 bits per heavy atom. The third kappa shape index (κ3) is 4.43. The molecule has 6 aromatic heterocycles. The van der Waals surface area contributed by atoms with Gasteiger partial charge in [0.2, 0.25) is 0 Å². The van der Waals surface area contributed by atoms with E-state index in [0.717, 1.165) is 56.0 Å². The third-order valence-electron chi connectivity index (χ3n) is 8.63. The lowest BCUT2D eigenvalue weighted by molar-refractivity contribution is -0.137. The smallest absolute Gasteiger partial charge is 0.292 e. The number of hydrogen-bond donors (Lipinski definition) is 0. The summed E-state index contributed by atoms with van der Waals surface area (Å²) in [6.07, 6.45) is -1.10. The van der Waals surface area contributed by atoms with Crippen LogP contribution in [0.4, 0.5) is 13.2 Å². The lowest BCUT2D eigenvalue weighted by Crippen LogP contribution is -2.06. The summed E-state index contributed by atoms with van der Waals surface area (Å²) in [5.41, 5.74) is 5.85. The molecule has 3 aromatic carbocycles. The van der Waals surface area contributed by atoms with Crippen molar-refractivity contribution < 1.29 is 13.2 Å². The van der Waals surface area contributed by atoms with Gasteiger partial charge in [-0.05, 0) is 78.9 Å². The van der Waals surface area contributed by atoms with Crippen LogP contribution >= 0.6 is 0 Å². The summed E-state index contributed by atoms with van der Waals surface area (Å²) in [7, 11) is 0. The van der Waals surface area contributed by atoms with E-state index >= 15 is 0 Å². The minimum atomic E-state index is -4.59. The summed E-state index contributed by atoms with van der Waals surface area (Å²) >= 11 is 0. The number of halogens is 3. The van der Waals surface area contributed by atoms with Gasteiger partial charge in [0.25, 0.3) is 0 Å². The maximum absolute atomic E-state index is 14.4. The first-order chi connectivity index (χ1) is 23.4. The number of nitrogens with zero attached hydrogens (tertiary/aromatic N) is 6. The average molecular weight is 633 g/mol. The standard InChI is InChI=1S/C39H23F3N6/c40-39(41,42)26-22-24(29-11-5-17-35(45-29)47-31-13-3-1-9-27(31)37-33(47)15-7-19-43-37)21-25(23-26)30-12-6-18-36(46-30)48-32-14-4-2-10-28(32)38-34(48)16-8-20-44-38/h1-23H. The molecule has 6 heterocycles. The fourth-order valence-electron chi connectivity index (χ4n) is 6.56. The summed E-state index contributed by atoms with van der Waals surface area (Å²) in [6, 6.07) is 38.2. The van der Waals surface area contributed by atoms with Gasteiger partial charge in [-0.15, -0.1) is 0 Å². The van der Waals surface area contributed by atoms with E-state index in [1.54, 1.807) is 30.6 Å². The molecule has 9 heteroatoms. The van der Waals surface area contributed by atoms with Crippen LogP contribution in [-0.4, -0.2) is 29.1 Å². The highest BCUT2D eigenvalue weighted by Crippen LogP contribution is 2.37. The van der Waals surface area contributed by atoms with E-state index in [9.17, 15) is 13.2 Å². The van der Waals surface area contributed by atoms with Crippen LogP contribution in [0.15, 0.2) is 140 Å². The van der Waals surface area contributed by atoms with E-state index in [0.29, 0.717) is 34.2 Å². The van der Waals surface area contributed by atoms with Crippen LogP contribution in [0.3, 0.4) is 0 Å². The molecule has 0 aliphatic heterocycles. The number of alkyl halides is 3. The zero-order chi connectivity index (χ0) is 32.4. The highest BCUT2D eigenvalue weighted by atomic mass is 19.4. The van der Waals surface area contributed by atoms with Gasteiger partial charge >= 0.3 is 6.18 Å². The molecule has 0 aliphatic rings. The Hall–Kier alpha value is -6.35. The SMILES string of the molecule is FC(F)(F)c1cc(-c2cccc(-n3c4ccccc4c4ncccc43)n2)cc(-c2cccc(-n3c4ccccc4c4ncccc43)n2)c1. The second kappa shape index (κ2) is 10.6. The molecular formula is C39H23F3N6. The fourth-order valence-corrected chi connectivity index (χ4v) is 6.56. The Morgan fingerprint density at radius 1 is 0.458 bits per heavy atom. The van der Waals surface area contributed by atoms with Crippen molar-refractivity contribution in [1.29, 1.82) is 0 Å². The monoisotopic (exact) mass is 632 g/mol. The summed E-state index contributed by atoms with van der Waals surface area (Å²) < 4.78 is 47.2. The summed E-state index contributed by atoms with van der Waals surface area (Å²) in [5.74, 6) is 1.15. The minimum absolute atomic E-state index is 0.328. The number of hydrogen-bond acceptors (Lipinski definition) is 4. The maximum Gasteiger partial charge on any atom is 0.416 e. The zero-order valence-corrected chi connectivity index (χ0v) is 25.1. The minimum Gasteiger partial charge on any atom is -0.292 e. The first kappa shape index (κ1) is 27.9. The molecule has 48 heavy (non-hydrogen) atoms. The van der Waals surface area contributed by atoms with E-state index < -0.39 is 11.7 Å². The van der Waals surface area contributed by atoms with Crippen molar-refractivity contribution in [3.05, 3.63) is 145 Å². The van der Waals surface area contributed by atoms with Gasteiger partial charge in [0.1, 0.15) is 11.6 Å². The maximum atomic E-state index is 14.4. The Morgan fingerprint density at radius 2 is 0.917 bits per heavy atom. The van der Waals surface area contributed by atoms with Crippen molar-refractivity contribution in [2.75, 3.05) is 0 Å². The lowest BCUT2D eigenvalue weighted by atomic mass is 10.0. The van der Waals surface area contributed by atoms with Gasteiger partial charge < -0.3 is 0 Å². The molecule has 0 bridgehead atoms. The van der Waals surface area contributed by atoms with Gasteiger partial charge in [-0.3, -0.25) is 19.1 Å². The number of rotatable bonds is 4. The predicted molar refractivity (Wildman–Crippen MR) is 182 cm³/mol. The topological polar surface area (TPSA) is 61.4 Å². The molecule has 0 amide bonds. The van der Waals surface area contributed by atoms with Crippen molar-refractivity contribution in [2.45, 2.75) is 6.18 Å². The van der Waals surface area contributed by atoms with Gasteiger partial charge in [0, 0.05) is 34.3 Å². The molecule has 230 valence electrons. The Bertz CT molecular complexity index is 2410. The van der Waals surface area contributed by atoms with Crippen LogP contribution in [0.25, 0.3) is 78.0 Å². The average Bonchev–Trinajstić information content (AvgIpc) is 3.64.